The largest absolute Gasteiger partial charge is 0.494 e. The van der Waals surface area contributed by atoms with Crippen LogP contribution >= 0.6 is 0 Å². The quantitative estimate of drug-likeness (QED) is 0.338. The lowest BCUT2D eigenvalue weighted by Crippen LogP contribution is -2.25. The summed E-state index contributed by atoms with van der Waals surface area (Å²) in [4.78, 5) is 13.3. The highest BCUT2D eigenvalue weighted by Gasteiger charge is 2.32. The first kappa shape index (κ1) is 18.7. The topological polar surface area (TPSA) is 51.5 Å². The molecule has 4 heteroatoms. The smallest absolute Gasteiger partial charge is 0.342 e. The Hall–Kier alpha value is -4.05. The first-order valence-corrected chi connectivity index (χ1v) is 10.8. The summed E-state index contributed by atoms with van der Waals surface area (Å²) in [7, 11) is 0. The van der Waals surface area contributed by atoms with Gasteiger partial charge in [0.15, 0.2) is 0 Å². The summed E-state index contributed by atoms with van der Waals surface area (Å²) >= 11 is 0. The highest BCUT2D eigenvalue weighted by molar-refractivity contribution is 6.11. The van der Waals surface area contributed by atoms with Gasteiger partial charge in [-0.05, 0) is 47.5 Å². The van der Waals surface area contributed by atoms with Crippen molar-refractivity contribution < 1.29 is 9.15 Å². The maximum Gasteiger partial charge on any atom is 0.342 e. The van der Waals surface area contributed by atoms with Crippen LogP contribution in [0.1, 0.15) is 24.1 Å². The van der Waals surface area contributed by atoms with Crippen LogP contribution in [0.15, 0.2) is 94.1 Å². The van der Waals surface area contributed by atoms with E-state index in [4.69, 9.17) is 9.15 Å². The average molecular weight is 419 g/mol. The summed E-state index contributed by atoms with van der Waals surface area (Å²) in [6.07, 6.45) is 0. The number of anilines is 1. The Morgan fingerprint density at radius 3 is 2.41 bits per heavy atom. The van der Waals surface area contributed by atoms with Crippen molar-refractivity contribution in [3.05, 3.63) is 106 Å². The SMILES string of the molecule is CCOc1ccc([C@H]2Nc3ccc4ccccc4c3-c3c2c(=O)oc2ccccc32)cc1. The second-order valence-corrected chi connectivity index (χ2v) is 7.96. The average Bonchev–Trinajstić information content (AvgIpc) is 2.84. The molecule has 0 bridgehead atoms. The minimum atomic E-state index is -0.324. The summed E-state index contributed by atoms with van der Waals surface area (Å²) < 4.78 is 11.4. The molecule has 6 rings (SSSR count). The lowest BCUT2D eigenvalue weighted by molar-refractivity contribution is 0.340. The van der Waals surface area contributed by atoms with E-state index in [2.05, 4.69) is 29.6 Å². The van der Waals surface area contributed by atoms with Crippen LogP contribution in [0.3, 0.4) is 0 Å². The molecule has 0 saturated heterocycles. The predicted octanol–water partition coefficient (Wildman–Crippen LogP) is 6.53. The van der Waals surface area contributed by atoms with Gasteiger partial charge in [-0.3, -0.25) is 0 Å². The minimum Gasteiger partial charge on any atom is -0.494 e. The lowest BCUT2D eigenvalue weighted by atomic mass is 9.83. The second-order valence-electron chi connectivity index (χ2n) is 7.96. The van der Waals surface area contributed by atoms with Crippen molar-refractivity contribution in [3.8, 4) is 16.9 Å². The molecule has 0 amide bonds. The van der Waals surface area contributed by atoms with E-state index >= 15 is 0 Å². The molecule has 0 spiro atoms. The number of hydrogen-bond acceptors (Lipinski definition) is 4. The van der Waals surface area contributed by atoms with Crippen LogP contribution in [-0.2, 0) is 0 Å². The Morgan fingerprint density at radius 1 is 0.844 bits per heavy atom. The summed E-state index contributed by atoms with van der Waals surface area (Å²) in [5, 5.41) is 6.81. The fraction of sp³-hybridized carbons (Fsp3) is 0.107. The van der Waals surface area contributed by atoms with Gasteiger partial charge in [0.05, 0.1) is 18.2 Å². The van der Waals surface area contributed by atoms with Crippen molar-refractivity contribution in [1.82, 2.24) is 0 Å². The molecular formula is C28H21NO3. The molecule has 0 radical (unpaired) electrons. The van der Waals surface area contributed by atoms with Gasteiger partial charge >= 0.3 is 5.63 Å². The van der Waals surface area contributed by atoms with E-state index in [1.165, 1.54) is 0 Å². The monoisotopic (exact) mass is 419 g/mol. The molecule has 4 nitrogen and oxygen atoms in total. The van der Waals surface area contributed by atoms with E-state index in [-0.39, 0.29) is 11.7 Å². The highest BCUT2D eigenvalue weighted by atomic mass is 16.5. The molecule has 1 N–H and O–H groups in total. The van der Waals surface area contributed by atoms with Gasteiger partial charge in [0, 0.05) is 22.2 Å². The molecule has 1 aliphatic rings. The van der Waals surface area contributed by atoms with Crippen molar-refractivity contribution in [3.63, 3.8) is 0 Å². The zero-order valence-electron chi connectivity index (χ0n) is 17.6. The summed E-state index contributed by atoms with van der Waals surface area (Å²) in [5.74, 6) is 0.809. The molecule has 0 fully saturated rings. The van der Waals surface area contributed by atoms with Crippen LogP contribution in [0, 0.1) is 0 Å². The van der Waals surface area contributed by atoms with E-state index in [1.54, 1.807) is 0 Å². The van der Waals surface area contributed by atoms with E-state index in [9.17, 15) is 4.79 Å². The molecule has 156 valence electrons. The van der Waals surface area contributed by atoms with Crippen LogP contribution in [-0.4, -0.2) is 6.61 Å². The molecule has 0 unspecified atom stereocenters. The third-order valence-electron chi connectivity index (χ3n) is 6.14. The number of hydrogen-bond donors (Lipinski definition) is 1. The first-order chi connectivity index (χ1) is 15.7. The number of fused-ring (bicyclic) bond motifs is 7. The second kappa shape index (κ2) is 7.27. The number of para-hydroxylation sites is 1. The number of nitrogens with one attached hydrogen (secondary N) is 1. The van der Waals surface area contributed by atoms with Crippen molar-refractivity contribution in [1.29, 1.82) is 0 Å². The predicted molar refractivity (Wildman–Crippen MR) is 129 cm³/mol. The zero-order valence-corrected chi connectivity index (χ0v) is 17.6. The molecule has 4 aromatic carbocycles. The van der Waals surface area contributed by atoms with Gasteiger partial charge in [0.2, 0.25) is 0 Å². The summed E-state index contributed by atoms with van der Waals surface area (Å²) in [6.45, 7) is 2.57. The maximum absolute atomic E-state index is 13.3. The van der Waals surface area contributed by atoms with Gasteiger partial charge < -0.3 is 14.5 Å². The molecular weight excluding hydrogens is 398 g/mol. The van der Waals surface area contributed by atoms with Crippen LogP contribution < -0.4 is 15.7 Å². The number of benzene rings is 4. The first-order valence-electron chi connectivity index (χ1n) is 10.8. The fourth-order valence-corrected chi connectivity index (χ4v) is 4.76. The number of ether oxygens (including phenoxy) is 1. The van der Waals surface area contributed by atoms with Crippen molar-refractivity contribution >= 4 is 27.4 Å². The Bertz CT molecular complexity index is 1530. The Labute approximate surface area is 185 Å². The summed E-state index contributed by atoms with van der Waals surface area (Å²) in [5.41, 5.74) is 4.90. The molecule has 1 aliphatic heterocycles. The normalized spacial score (nSPS) is 14.6. The Balaban J connectivity index is 1.68. The van der Waals surface area contributed by atoms with E-state index in [0.717, 1.165) is 44.3 Å². The van der Waals surface area contributed by atoms with Crippen molar-refractivity contribution in [2.24, 2.45) is 0 Å². The minimum absolute atomic E-state index is 0.316. The van der Waals surface area contributed by atoms with Crippen LogP contribution in [0.2, 0.25) is 0 Å². The van der Waals surface area contributed by atoms with Gasteiger partial charge in [-0.2, -0.15) is 0 Å². The molecule has 1 atom stereocenters. The van der Waals surface area contributed by atoms with E-state index < -0.39 is 0 Å². The number of rotatable bonds is 3. The molecule has 5 aromatic rings. The lowest BCUT2D eigenvalue weighted by Gasteiger charge is -2.30. The van der Waals surface area contributed by atoms with E-state index in [0.29, 0.717) is 17.8 Å². The van der Waals surface area contributed by atoms with Gasteiger partial charge in [-0.25, -0.2) is 4.79 Å². The van der Waals surface area contributed by atoms with Crippen LogP contribution in [0.5, 0.6) is 5.75 Å². The van der Waals surface area contributed by atoms with Gasteiger partial charge in [-0.15, -0.1) is 0 Å². The Kier molecular flexibility index (Phi) is 4.25. The third-order valence-corrected chi connectivity index (χ3v) is 6.14. The van der Waals surface area contributed by atoms with Gasteiger partial charge in [-0.1, -0.05) is 60.7 Å². The van der Waals surface area contributed by atoms with Crippen LogP contribution in [0.25, 0.3) is 32.9 Å². The van der Waals surface area contributed by atoms with Crippen molar-refractivity contribution in [2.75, 3.05) is 11.9 Å². The molecule has 1 aromatic heterocycles. The Morgan fingerprint density at radius 2 is 1.59 bits per heavy atom. The molecule has 32 heavy (non-hydrogen) atoms. The van der Waals surface area contributed by atoms with Crippen LogP contribution in [0.4, 0.5) is 5.69 Å². The zero-order chi connectivity index (χ0) is 21.7. The standard InChI is InChI=1S/C28H21NO3/c1-2-31-19-14-11-18(12-15-19)27-26-25(21-9-5-6-10-23(21)32-28(26)30)24-20-8-4-3-7-17(20)13-16-22(24)29-27/h3-16,27,29H,2H2,1H3/t27-/m1/s1. The summed E-state index contributed by atoms with van der Waals surface area (Å²) in [6, 6.07) is 27.9. The van der Waals surface area contributed by atoms with E-state index in [1.807, 2.05) is 67.6 Å². The van der Waals surface area contributed by atoms with Gasteiger partial charge in [0.25, 0.3) is 0 Å². The fourth-order valence-electron chi connectivity index (χ4n) is 4.76. The molecule has 0 saturated carbocycles. The molecule has 0 aliphatic carbocycles. The molecule has 2 heterocycles. The van der Waals surface area contributed by atoms with Gasteiger partial charge in [0.1, 0.15) is 11.3 Å². The maximum atomic E-state index is 13.3. The van der Waals surface area contributed by atoms with Crippen molar-refractivity contribution in [2.45, 2.75) is 13.0 Å². The highest BCUT2D eigenvalue weighted by Crippen LogP contribution is 2.47. The third kappa shape index (κ3) is 2.80.